The highest BCUT2D eigenvalue weighted by molar-refractivity contribution is 7.87. The third kappa shape index (κ3) is 4.13. The number of rotatable bonds is 3. The van der Waals surface area contributed by atoms with Crippen LogP contribution in [-0.4, -0.2) is 44.6 Å². The van der Waals surface area contributed by atoms with E-state index in [1.165, 1.54) is 11.3 Å². The second kappa shape index (κ2) is 6.80. The summed E-state index contributed by atoms with van der Waals surface area (Å²) in [6, 6.07) is 7.83. The Hall–Kier alpha value is -1.47. The Morgan fingerprint density at radius 3 is 2.88 bits per heavy atom. The molecule has 1 aromatic carbocycles. The van der Waals surface area contributed by atoms with Gasteiger partial charge in [0, 0.05) is 18.8 Å². The molecule has 130 valence electrons. The smallest absolute Gasteiger partial charge is 0.410 e. The Balaban J connectivity index is 1.59. The molecule has 2 aromatic rings. The number of thiazole rings is 1. The molecule has 0 aliphatic carbocycles. The molecule has 1 fully saturated rings. The van der Waals surface area contributed by atoms with Gasteiger partial charge in [-0.05, 0) is 45.2 Å². The number of hydrogen-bond acceptors (Lipinski definition) is 5. The number of hydrogen-bond donors (Lipinski definition) is 0. The standard InChI is InChI=1S/C17H22N2O3S2/c1-17(2,3)22-16(20)19-9-8-12(10-19)11-24(21)15-18-13-6-4-5-7-14(13)23-15/h4-7,12H,8-11H2,1-3H3/t12-,24+/m1/s1. The van der Waals surface area contributed by atoms with E-state index < -0.39 is 16.4 Å². The highest BCUT2D eigenvalue weighted by atomic mass is 32.2. The van der Waals surface area contributed by atoms with Crippen LogP contribution in [0.2, 0.25) is 0 Å². The van der Waals surface area contributed by atoms with Gasteiger partial charge < -0.3 is 9.64 Å². The van der Waals surface area contributed by atoms with Crippen LogP contribution in [-0.2, 0) is 15.5 Å². The SMILES string of the molecule is CC(C)(C)OC(=O)N1CC[C@@H](C[S@](=O)c2nc3ccccc3s2)C1. The molecule has 1 saturated heterocycles. The van der Waals surface area contributed by atoms with Gasteiger partial charge in [0.2, 0.25) is 0 Å². The molecule has 0 bridgehead atoms. The average Bonchev–Trinajstić information content (AvgIpc) is 3.11. The summed E-state index contributed by atoms with van der Waals surface area (Å²) in [7, 11) is -1.12. The first-order valence-electron chi connectivity index (χ1n) is 8.04. The summed E-state index contributed by atoms with van der Waals surface area (Å²) < 4.78 is 19.7. The molecule has 2 atom stereocenters. The van der Waals surface area contributed by atoms with Crippen LogP contribution in [0.1, 0.15) is 27.2 Å². The van der Waals surface area contributed by atoms with Crippen molar-refractivity contribution in [2.45, 2.75) is 37.1 Å². The molecular weight excluding hydrogens is 344 g/mol. The lowest BCUT2D eigenvalue weighted by Crippen LogP contribution is -2.35. The first-order valence-corrected chi connectivity index (χ1v) is 10.2. The van der Waals surface area contributed by atoms with E-state index in [0.29, 0.717) is 23.2 Å². The topological polar surface area (TPSA) is 59.5 Å². The zero-order chi connectivity index (χ0) is 17.3. The Labute approximate surface area is 148 Å². The molecule has 5 nitrogen and oxygen atoms in total. The number of likely N-dealkylation sites (tertiary alicyclic amines) is 1. The molecule has 7 heteroatoms. The summed E-state index contributed by atoms with van der Waals surface area (Å²) in [6.45, 7) is 6.85. The van der Waals surface area contributed by atoms with Crippen LogP contribution in [0.4, 0.5) is 4.79 Å². The Bertz CT molecular complexity index is 734. The number of amides is 1. The number of aromatic nitrogens is 1. The molecule has 1 aromatic heterocycles. The largest absolute Gasteiger partial charge is 0.444 e. The van der Waals surface area contributed by atoms with Crippen LogP contribution < -0.4 is 0 Å². The van der Waals surface area contributed by atoms with E-state index in [4.69, 9.17) is 4.74 Å². The predicted octanol–water partition coefficient (Wildman–Crippen LogP) is 3.66. The number of ether oxygens (including phenoxy) is 1. The number of nitrogens with zero attached hydrogens (tertiary/aromatic N) is 2. The molecule has 3 rings (SSSR count). The van der Waals surface area contributed by atoms with Crippen LogP contribution in [0, 0.1) is 5.92 Å². The lowest BCUT2D eigenvalue weighted by molar-refractivity contribution is 0.0289. The van der Waals surface area contributed by atoms with Gasteiger partial charge in [-0.25, -0.2) is 9.78 Å². The molecule has 0 N–H and O–H groups in total. The third-order valence-corrected chi connectivity index (χ3v) is 6.69. The molecule has 1 aliphatic heterocycles. The lowest BCUT2D eigenvalue weighted by Gasteiger charge is -2.24. The maximum absolute atomic E-state index is 12.6. The van der Waals surface area contributed by atoms with Crippen molar-refractivity contribution < 1.29 is 13.7 Å². The fourth-order valence-corrected chi connectivity index (χ4v) is 5.28. The molecule has 0 radical (unpaired) electrons. The first kappa shape index (κ1) is 17.4. The van der Waals surface area contributed by atoms with Crippen molar-refractivity contribution in [1.82, 2.24) is 9.88 Å². The third-order valence-electron chi connectivity index (χ3n) is 3.79. The molecule has 0 spiro atoms. The average molecular weight is 367 g/mol. The molecular formula is C17H22N2O3S2. The maximum atomic E-state index is 12.6. The van der Waals surface area contributed by atoms with E-state index in [9.17, 15) is 9.00 Å². The van der Waals surface area contributed by atoms with Gasteiger partial charge in [0.05, 0.1) is 21.0 Å². The number of benzene rings is 1. The van der Waals surface area contributed by atoms with Gasteiger partial charge in [-0.2, -0.15) is 0 Å². The van der Waals surface area contributed by atoms with Gasteiger partial charge >= 0.3 is 6.09 Å². The van der Waals surface area contributed by atoms with Crippen molar-refractivity contribution in [3.63, 3.8) is 0 Å². The van der Waals surface area contributed by atoms with Gasteiger partial charge in [-0.1, -0.05) is 12.1 Å². The fraction of sp³-hybridized carbons (Fsp3) is 0.529. The monoisotopic (exact) mass is 366 g/mol. The Kier molecular flexibility index (Phi) is 4.92. The van der Waals surface area contributed by atoms with E-state index in [1.807, 2.05) is 45.0 Å². The van der Waals surface area contributed by atoms with Crippen molar-refractivity contribution in [1.29, 1.82) is 0 Å². The van der Waals surface area contributed by atoms with E-state index >= 15 is 0 Å². The predicted molar refractivity (Wildman–Crippen MR) is 96.8 cm³/mol. The van der Waals surface area contributed by atoms with Crippen LogP contribution in [0.5, 0.6) is 0 Å². The second-order valence-corrected chi connectivity index (χ2v) is 9.74. The van der Waals surface area contributed by atoms with Crippen LogP contribution in [0.25, 0.3) is 10.2 Å². The van der Waals surface area contributed by atoms with E-state index in [-0.39, 0.29) is 12.0 Å². The minimum atomic E-state index is -1.12. The summed E-state index contributed by atoms with van der Waals surface area (Å²) in [4.78, 5) is 18.3. The first-order chi connectivity index (χ1) is 11.3. The Morgan fingerprint density at radius 2 is 2.17 bits per heavy atom. The minimum absolute atomic E-state index is 0.227. The number of carbonyl (C=O) groups excluding carboxylic acids is 1. The van der Waals surface area contributed by atoms with Gasteiger partial charge in [-0.15, -0.1) is 11.3 Å². The molecule has 1 aliphatic rings. The van der Waals surface area contributed by atoms with Gasteiger partial charge in [0.1, 0.15) is 5.60 Å². The summed E-state index contributed by atoms with van der Waals surface area (Å²) in [5.41, 5.74) is 0.409. The molecule has 0 unspecified atom stereocenters. The zero-order valence-electron chi connectivity index (χ0n) is 14.2. The normalized spacial score (nSPS) is 19.6. The van der Waals surface area contributed by atoms with Crippen LogP contribution >= 0.6 is 11.3 Å². The highest BCUT2D eigenvalue weighted by Gasteiger charge is 2.31. The summed E-state index contributed by atoms with van der Waals surface area (Å²) in [5.74, 6) is 0.768. The fourth-order valence-electron chi connectivity index (χ4n) is 2.69. The van der Waals surface area contributed by atoms with E-state index in [1.54, 1.807) is 4.90 Å². The van der Waals surface area contributed by atoms with Gasteiger partial charge in [0.25, 0.3) is 0 Å². The van der Waals surface area contributed by atoms with E-state index in [2.05, 4.69) is 4.98 Å². The summed E-state index contributed by atoms with van der Waals surface area (Å²) in [6.07, 6.45) is 0.575. The molecule has 1 amide bonds. The van der Waals surface area contributed by atoms with Crippen molar-refractivity contribution in [2.75, 3.05) is 18.8 Å². The summed E-state index contributed by atoms with van der Waals surface area (Å²) >= 11 is 1.49. The quantitative estimate of drug-likeness (QED) is 0.832. The maximum Gasteiger partial charge on any atom is 0.410 e. The number of para-hydroxylation sites is 1. The van der Waals surface area contributed by atoms with Crippen molar-refractivity contribution in [3.8, 4) is 0 Å². The molecule has 2 heterocycles. The lowest BCUT2D eigenvalue weighted by atomic mass is 10.2. The van der Waals surface area contributed by atoms with E-state index in [0.717, 1.165) is 16.6 Å². The van der Waals surface area contributed by atoms with Crippen molar-refractivity contribution in [2.24, 2.45) is 5.92 Å². The Morgan fingerprint density at radius 1 is 1.42 bits per heavy atom. The van der Waals surface area contributed by atoms with Crippen molar-refractivity contribution >= 4 is 38.4 Å². The van der Waals surface area contributed by atoms with Crippen molar-refractivity contribution in [3.05, 3.63) is 24.3 Å². The summed E-state index contributed by atoms with van der Waals surface area (Å²) in [5, 5.41) is 0. The van der Waals surface area contributed by atoms with Gasteiger partial charge in [0.15, 0.2) is 4.34 Å². The van der Waals surface area contributed by atoms with Gasteiger partial charge in [-0.3, -0.25) is 4.21 Å². The zero-order valence-corrected chi connectivity index (χ0v) is 15.8. The molecule has 0 saturated carbocycles. The highest BCUT2D eigenvalue weighted by Crippen LogP contribution is 2.27. The van der Waals surface area contributed by atoms with Crippen LogP contribution in [0.3, 0.4) is 0 Å². The van der Waals surface area contributed by atoms with Crippen LogP contribution in [0.15, 0.2) is 28.6 Å². The number of carbonyl (C=O) groups is 1. The minimum Gasteiger partial charge on any atom is -0.444 e. The number of fused-ring (bicyclic) bond motifs is 1. The second-order valence-electron chi connectivity index (χ2n) is 7.04. The molecule has 24 heavy (non-hydrogen) atoms.